The third-order valence-corrected chi connectivity index (χ3v) is 4.46. The smallest absolute Gasteiger partial charge is 0.282 e. The van der Waals surface area contributed by atoms with E-state index in [4.69, 9.17) is 5.73 Å². The third-order valence-electron chi connectivity index (χ3n) is 2.31. The van der Waals surface area contributed by atoms with Crippen LogP contribution >= 0.6 is 11.3 Å². The van der Waals surface area contributed by atoms with Crippen LogP contribution in [0.2, 0.25) is 0 Å². The summed E-state index contributed by atoms with van der Waals surface area (Å²) in [6, 6.07) is 3.07. The van der Waals surface area contributed by atoms with E-state index in [0.29, 0.717) is 4.96 Å². The van der Waals surface area contributed by atoms with E-state index in [2.05, 4.69) is 19.9 Å². The van der Waals surface area contributed by atoms with E-state index in [1.54, 1.807) is 17.6 Å². The Morgan fingerprint density at radius 1 is 1.42 bits per heavy atom. The van der Waals surface area contributed by atoms with Crippen LogP contribution in [0.5, 0.6) is 0 Å². The van der Waals surface area contributed by atoms with Gasteiger partial charge < -0.3 is 5.73 Å². The second kappa shape index (κ2) is 4.17. The molecule has 0 unspecified atom stereocenters. The minimum absolute atomic E-state index is 0.0526. The van der Waals surface area contributed by atoms with Crippen molar-refractivity contribution in [3.05, 3.63) is 29.9 Å². The van der Waals surface area contributed by atoms with Gasteiger partial charge in [-0.15, -0.1) is 16.4 Å². The number of nitrogens with two attached hydrogens (primary N) is 1. The van der Waals surface area contributed by atoms with Crippen LogP contribution in [0.1, 0.15) is 0 Å². The number of hydrogen-bond acceptors (Lipinski definition) is 7. The molecule has 0 amide bonds. The van der Waals surface area contributed by atoms with Crippen LogP contribution < -0.4 is 10.5 Å². The van der Waals surface area contributed by atoms with Gasteiger partial charge >= 0.3 is 0 Å². The number of sulfonamides is 1. The van der Waals surface area contributed by atoms with Crippen LogP contribution in [0.25, 0.3) is 4.96 Å². The van der Waals surface area contributed by atoms with Crippen LogP contribution in [0.4, 0.5) is 11.6 Å². The van der Waals surface area contributed by atoms with Gasteiger partial charge in [-0.2, -0.15) is 13.5 Å². The van der Waals surface area contributed by atoms with E-state index in [-0.39, 0.29) is 16.7 Å². The molecule has 3 heterocycles. The summed E-state index contributed by atoms with van der Waals surface area (Å²) >= 11 is 1.30. The predicted octanol–water partition coefficient (Wildman–Crippen LogP) is 0.569. The van der Waals surface area contributed by atoms with Crippen LogP contribution in [0.3, 0.4) is 0 Å². The first-order valence-electron chi connectivity index (χ1n) is 5.09. The van der Waals surface area contributed by atoms with Crippen molar-refractivity contribution in [2.75, 3.05) is 10.5 Å². The van der Waals surface area contributed by atoms with E-state index in [1.807, 2.05) is 0 Å². The molecule has 0 aromatic carbocycles. The Labute approximate surface area is 112 Å². The molecule has 0 aliphatic rings. The molecule has 98 valence electrons. The number of nitrogens with zero attached hydrogens (tertiary/aromatic N) is 4. The van der Waals surface area contributed by atoms with Crippen molar-refractivity contribution in [3.63, 3.8) is 0 Å². The van der Waals surface area contributed by atoms with E-state index in [0.717, 1.165) is 0 Å². The maximum Gasteiger partial charge on any atom is 0.282 e. The Morgan fingerprint density at radius 3 is 3.00 bits per heavy atom. The second-order valence-electron chi connectivity index (χ2n) is 3.57. The normalized spacial score (nSPS) is 11.8. The Kier molecular flexibility index (Phi) is 2.61. The molecule has 0 aliphatic heterocycles. The quantitative estimate of drug-likeness (QED) is 0.730. The lowest BCUT2D eigenvalue weighted by molar-refractivity contribution is 0.597. The fourth-order valence-corrected chi connectivity index (χ4v) is 3.58. The summed E-state index contributed by atoms with van der Waals surface area (Å²) in [6.07, 6.45) is 3.04. The van der Waals surface area contributed by atoms with E-state index < -0.39 is 10.0 Å². The highest BCUT2D eigenvalue weighted by molar-refractivity contribution is 7.92. The van der Waals surface area contributed by atoms with Crippen LogP contribution in [0, 0.1) is 0 Å². The molecule has 0 spiro atoms. The van der Waals surface area contributed by atoms with Gasteiger partial charge in [-0.05, 0) is 12.1 Å². The maximum absolute atomic E-state index is 12.3. The molecule has 10 heteroatoms. The minimum atomic E-state index is -3.87. The molecule has 0 atom stereocenters. The third kappa shape index (κ3) is 2.00. The first kappa shape index (κ1) is 11.9. The highest BCUT2D eigenvalue weighted by atomic mass is 32.2. The topological polar surface area (TPSA) is 115 Å². The summed E-state index contributed by atoms with van der Waals surface area (Å²) in [7, 11) is -3.87. The summed E-state index contributed by atoms with van der Waals surface area (Å²) < 4.78 is 28.3. The van der Waals surface area contributed by atoms with Gasteiger partial charge in [0.05, 0.1) is 0 Å². The molecule has 3 aromatic rings. The van der Waals surface area contributed by atoms with Crippen LogP contribution in [-0.2, 0) is 10.0 Å². The van der Waals surface area contributed by atoms with E-state index in [9.17, 15) is 8.42 Å². The average Bonchev–Trinajstić information content (AvgIpc) is 2.88. The van der Waals surface area contributed by atoms with Gasteiger partial charge in [0.25, 0.3) is 10.0 Å². The van der Waals surface area contributed by atoms with Gasteiger partial charge in [0.2, 0.25) is 5.03 Å². The van der Waals surface area contributed by atoms with Crippen molar-refractivity contribution in [3.8, 4) is 0 Å². The molecular formula is C9H8N6O2S2. The summed E-state index contributed by atoms with van der Waals surface area (Å²) in [6.45, 7) is 0. The van der Waals surface area contributed by atoms with Crippen molar-refractivity contribution in [1.82, 2.24) is 19.6 Å². The summed E-state index contributed by atoms with van der Waals surface area (Å²) in [5, 5.41) is 8.88. The number of rotatable bonds is 3. The number of imidazole rings is 1. The number of nitrogen functional groups attached to an aromatic ring is 1. The van der Waals surface area contributed by atoms with Crippen LogP contribution in [0.15, 0.2) is 34.9 Å². The summed E-state index contributed by atoms with van der Waals surface area (Å²) in [5.41, 5.74) is 5.66. The largest absolute Gasteiger partial charge is 0.381 e. The Hall–Kier alpha value is -2.20. The second-order valence-corrected chi connectivity index (χ2v) is 6.04. The summed E-state index contributed by atoms with van der Waals surface area (Å²) in [4.78, 5) is 4.50. The van der Waals surface area contributed by atoms with Crippen molar-refractivity contribution >= 4 is 38.0 Å². The van der Waals surface area contributed by atoms with Gasteiger partial charge in [-0.25, -0.2) is 4.98 Å². The molecule has 3 rings (SSSR count). The van der Waals surface area contributed by atoms with Gasteiger partial charge in [-0.3, -0.25) is 9.12 Å². The molecule has 0 aliphatic carbocycles. The number of fused-ring (bicyclic) bond motifs is 1. The van der Waals surface area contributed by atoms with E-state index >= 15 is 0 Å². The standard InChI is InChI=1S/C9H8N6O2S2/c10-7-8(15-4-5-18-9(15)12-7)19(16,17)14-6-2-1-3-11-13-6/h1-5H,10H2,(H,13,14). The minimum Gasteiger partial charge on any atom is -0.381 e. The SMILES string of the molecule is Nc1nc2sccn2c1S(=O)(=O)Nc1cccnn1. The molecule has 0 fully saturated rings. The Bertz CT molecular complexity index is 823. The number of thiazole rings is 1. The zero-order valence-corrected chi connectivity index (χ0v) is 11.0. The van der Waals surface area contributed by atoms with Crippen molar-refractivity contribution in [1.29, 1.82) is 0 Å². The molecule has 3 aromatic heterocycles. The first-order chi connectivity index (χ1) is 9.08. The van der Waals surface area contributed by atoms with E-state index in [1.165, 1.54) is 28.0 Å². The van der Waals surface area contributed by atoms with Gasteiger partial charge in [0.15, 0.2) is 16.6 Å². The highest BCUT2D eigenvalue weighted by Crippen LogP contribution is 2.24. The lowest BCUT2D eigenvalue weighted by Gasteiger charge is -2.05. The molecule has 0 saturated heterocycles. The molecule has 0 radical (unpaired) electrons. The van der Waals surface area contributed by atoms with Gasteiger partial charge in [0, 0.05) is 17.8 Å². The molecule has 19 heavy (non-hydrogen) atoms. The number of nitrogens with one attached hydrogen (secondary N) is 1. The maximum atomic E-state index is 12.3. The molecule has 0 saturated carbocycles. The molecular weight excluding hydrogens is 288 g/mol. The van der Waals surface area contributed by atoms with Gasteiger partial charge in [-0.1, -0.05) is 0 Å². The van der Waals surface area contributed by atoms with Crippen molar-refractivity contribution in [2.45, 2.75) is 5.03 Å². The summed E-state index contributed by atoms with van der Waals surface area (Å²) in [5.74, 6) is 0.0651. The molecule has 8 nitrogen and oxygen atoms in total. The van der Waals surface area contributed by atoms with Crippen molar-refractivity contribution < 1.29 is 8.42 Å². The van der Waals surface area contributed by atoms with Gasteiger partial charge in [0.1, 0.15) is 0 Å². The fraction of sp³-hybridized carbons (Fsp3) is 0. The zero-order chi connectivity index (χ0) is 13.5. The first-order valence-corrected chi connectivity index (χ1v) is 7.46. The molecule has 0 bridgehead atoms. The lowest BCUT2D eigenvalue weighted by Crippen LogP contribution is -2.17. The number of anilines is 2. The zero-order valence-electron chi connectivity index (χ0n) is 9.39. The highest BCUT2D eigenvalue weighted by Gasteiger charge is 2.25. The van der Waals surface area contributed by atoms with Crippen LogP contribution in [-0.4, -0.2) is 28.0 Å². The monoisotopic (exact) mass is 296 g/mol. The predicted molar refractivity (Wildman–Crippen MR) is 70.3 cm³/mol. The number of hydrogen-bond donors (Lipinski definition) is 2. The molecule has 3 N–H and O–H groups in total. The fourth-order valence-electron chi connectivity index (χ4n) is 1.59. The average molecular weight is 296 g/mol. The Balaban J connectivity index is 2.10. The lowest BCUT2D eigenvalue weighted by atomic mass is 10.6. The Morgan fingerprint density at radius 2 is 2.26 bits per heavy atom. The number of aromatic nitrogens is 4. The van der Waals surface area contributed by atoms with Crippen molar-refractivity contribution in [2.24, 2.45) is 0 Å².